The maximum absolute atomic E-state index is 12.1. The topological polar surface area (TPSA) is 79.4 Å². The second-order valence-electron chi connectivity index (χ2n) is 5.50. The van der Waals surface area contributed by atoms with Gasteiger partial charge in [0.15, 0.2) is 5.17 Å². The van der Waals surface area contributed by atoms with Gasteiger partial charge < -0.3 is 15.4 Å². The number of hydrogen-bond donors (Lipinski definition) is 2. The molecule has 1 saturated heterocycles. The number of amides is 1. The third-order valence-corrected chi connectivity index (χ3v) is 3.55. The maximum atomic E-state index is 12.1. The summed E-state index contributed by atoms with van der Waals surface area (Å²) < 4.78 is 5.41. The van der Waals surface area contributed by atoms with Crippen molar-refractivity contribution < 1.29 is 9.53 Å². The van der Waals surface area contributed by atoms with Crippen molar-refractivity contribution in [3.63, 3.8) is 0 Å². The van der Waals surface area contributed by atoms with Crippen LogP contribution in [-0.2, 0) is 4.74 Å². The Morgan fingerprint density at radius 1 is 1.50 bits per heavy atom. The minimum Gasteiger partial charge on any atom is -0.444 e. The van der Waals surface area contributed by atoms with Gasteiger partial charge in [0, 0.05) is 18.3 Å². The maximum Gasteiger partial charge on any atom is 0.410 e. The Kier molecular flexibility index (Phi) is 5.31. The molecular formula is C12H23N3O2S. The molecule has 1 fully saturated rings. The fraction of sp³-hybridized carbons (Fsp3) is 0.833. The minimum atomic E-state index is -0.465. The highest BCUT2D eigenvalue weighted by Gasteiger charge is 2.30. The van der Waals surface area contributed by atoms with Crippen LogP contribution in [0.4, 0.5) is 4.79 Å². The zero-order valence-corrected chi connectivity index (χ0v) is 12.2. The number of hydrogen-bond acceptors (Lipinski definition) is 4. The molecule has 5 nitrogen and oxygen atoms in total. The van der Waals surface area contributed by atoms with E-state index in [9.17, 15) is 4.79 Å². The number of carbonyl (C=O) groups excluding carboxylic acids is 1. The van der Waals surface area contributed by atoms with Gasteiger partial charge in [0.2, 0.25) is 0 Å². The molecule has 0 spiro atoms. The SMILES string of the molecule is CC(C)(C)OC(=O)N1CCCCC1CSC(=N)N. The number of carbonyl (C=O) groups is 1. The Morgan fingerprint density at radius 3 is 2.72 bits per heavy atom. The number of ether oxygens (including phenoxy) is 1. The van der Waals surface area contributed by atoms with Gasteiger partial charge in [-0.25, -0.2) is 4.79 Å². The lowest BCUT2D eigenvalue weighted by Gasteiger charge is -2.36. The molecule has 3 N–H and O–H groups in total. The van der Waals surface area contributed by atoms with Crippen LogP contribution in [0.5, 0.6) is 0 Å². The molecular weight excluding hydrogens is 250 g/mol. The van der Waals surface area contributed by atoms with E-state index in [1.54, 1.807) is 4.90 Å². The van der Waals surface area contributed by atoms with Gasteiger partial charge in [-0.2, -0.15) is 0 Å². The average Bonchev–Trinajstić information content (AvgIpc) is 2.24. The summed E-state index contributed by atoms with van der Waals surface area (Å²) in [5, 5.41) is 7.34. The van der Waals surface area contributed by atoms with E-state index in [0.717, 1.165) is 25.8 Å². The van der Waals surface area contributed by atoms with E-state index >= 15 is 0 Å². The van der Waals surface area contributed by atoms with Crippen LogP contribution in [0.15, 0.2) is 0 Å². The minimum absolute atomic E-state index is 0.102. The predicted molar refractivity (Wildman–Crippen MR) is 75.0 cm³/mol. The molecule has 6 heteroatoms. The van der Waals surface area contributed by atoms with E-state index in [4.69, 9.17) is 15.9 Å². The summed E-state index contributed by atoms with van der Waals surface area (Å²) in [5.41, 5.74) is 4.88. The van der Waals surface area contributed by atoms with Crippen LogP contribution in [0.1, 0.15) is 40.0 Å². The number of rotatable bonds is 2. The third-order valence-electron chi connectivity index (χ3n) is 2.69. The van der Waals surface area contributed by atoms with Gasteiger partial charge in [-0.15, -0.1) is 0 Å². The second kappa shape index (κ2) is 6.31. The highest BCUT2D eigenvalue weighted by Crippen LogP contribution is 2.23. The molecule has 0 aromatic heterocycles. The zero-order chi connectivity index (χ0) is 13.8. The highest BCUT2D eigenvalue weighted by molar-refractivity contribution is 8.13. The lowest BCUT2D eigenvalue weighted by molar-refractivity contribution is 0.0126. The molecule has 1 heterocycles. The first kappa shape index (κ1) is 15.1. The first-order valence-electron chi connectivity index (χ1n) is 6.26. The Bertz CT molecular complexity index is 315. The molecule has 0 saturated carbocycles. The van der Waals surface area contributed by atoms with E-state index in [1.165, 1.54) is 11.8 Å². The van der Waals surface area contributed by atoms with Crippen LogP contribution in [0.3, 0.4) is 0 Å². The largest absolute Gasteiger partial charge is 0.444 e. The van der Waals surface area contributed by atoms with Gasteiger partial charge in [-0.1, -0.05) is 11.8 Å². The van der Waals surface area contributed by atoms with E-state index in [1.807, 2.05) is 20.8 Å². The number of nitrogens with one attached hydrogen (secondary N) is 1. The lowest BCUT2D eigenvalue weighted by atomic mass is 10.0. The van der Waals surface area contributed by atoms with Gasteiger partial charge in [-0.3, -0.25) is 5.41 Å². The predicted octanol–water partition coefficient (Wildman–Crippen LogP) is 2.40. The third kappa shape index (κ3) is 5.16. The van der Waals surface area contributed by atoms with Crippen LogP contribution < -0.4 is 5.73 Å². The standard InChI is InChI=1S/C12H23N3O2S/c1-12(2,3)17-11(16)15-7-5-4-6-9(15)8-18-10(13)14/h9H,4-8H2,1-3H3,(H3,13,14). The van der Waals surface area contributed by atoms with Crippen LogP contribution in [0.25, 0.3) is 0 Å². The van der Waals surface area contributed by atoms with Crippen molar-refractivity contribution in [2.45, 2.75) is 51.7 Å². The zero-order valence-electron chi connectivity index (χ0n) is 11.4. The quantitative estimate of drug-likeness (QED) is 0.598. The van der Waals surface area contributed by atoms with Gasteiger partial charge >= 0.3 is 6.09 Å². The molecule has 18 heavy (non-hydrogen) atoms. The van der Waals surface area contributed by atoms with E-state index in [0.29, 0.717) is 5.75 Å². The average molecular weight is 273 g/mol. The van der Waals surface area contributed by atoms with Crippen molar-refractivity contribution in [1.82, 2.24) is 4.90 Å². The second-order valence-corrected chi connectivity index (χ2v) is 6.56. The molecule has 0 aromatic carbocycles. The molecule has 1 aliphatic rings. The number of amidine groups is 1. The van der Waals surface area contributed by atoms with Crippen molar-refractivity contribution >= 4 is 23.0 Å². The molecule has 0 aromatic rings. The molecule has 0 aliphatic carbocycles. The number of thioether (sulfide) groups is 1. The van der Waals surface area contributed by atoms with Crippen LogP contribution >= 0.6 is 11.8 Å². The molecule has 1 aliphatic heterocycles. The number of piperidine rings is 1. The lowest BCUT2D eigenvalue weighted by Crippen LogP contribution is -2.47. The van der Waals surface area contributed by atoms with Crippen molar-refractivity contribution in [3.05, 3.63) is 0 Å². The van der Waals surface area contributed by atoms with Gasteiger partial charge in [-0.05, 0) is 40.0 Å². The fourth-order valence-corrected chi connectivity index (χ4v) is 2.64. The van der Waals surface area contributed by atoms with Crippen molar-refractivity contribution in [2.24, 2.45) is 5.73 Å². The molecule has 1 amide bonds. The molecule has 1 atom stereocenters. The fourth-order valence-electron chi connectivity index (χ4n) is 1.92. The van der Waals surface area contributed by atoms with Gasteiger partial charge in [0.1, 0.15) is 5.60 Å². The molecule has 1 unspecified atom stereocenters. The van der Waals surface area contributed by atoms with E-state index in [-0.39, 0.29) is 17.3 Å². The number of likely N-dealkylation sites (tertiary alicyclic amines) is 1. The van der Waals surface area contributed by atoms with Crippen molar-refractivity contribution in [3.8, 4) is 0 Å². The molecule has 1 rings (SSSR count). The summed E-state index contributed by atoms with van der Waals surface area (Å²) in [7, 11) is 0. The molecule has 104 valence electrons. The highest BCUT2D eigenvalue weighted by atomic mass is 32.2. The Balaban J connectivity index is 2.58. The summed E-state index contributed by atoms with van der Waals surface area (Å²) in [6, 6.07) is 0.127. The summed E-state index contributed by atoms with van der Waals surface area (Å²) in [6.45, 7) is 6.34. The Hall–Kier alpha value is -0.910. The first-order valence-corrected chi connectivity index (χ1v) is 7.24. The molecule has 0 bridgehead atoms. The van der Waals surface area contributed by atoms with Gasteiger partial charge in [0.25, 0.3) is 0 Å². The van der Waals surface area contributed by atoms with Crippen LogP contribution in [-0.4, -0.2) is 40.1 Å². The summed E-state index contributed by atoms with van der Waals surface area (Å²) >= 11 is 1.29. The number of nitrogens with zero attached hydrogens (tertiary/aromatic N) is 1. The Labute approximate surface area is 113 Å². The van der Waals surface area contributed by atoms with E-state index < -0.39 is 5.60 Å². The summed E-state index contributed by atoms with van der Waals surface area (Å²) in [5.74, 6) is 0.675. The smallest absolute Gasteiger partial charge is 0.410 e. The monoisotopic (exact) mass is 273 g/mol. The summed E-state index contributed by atoms with van der Waals surface area (Å²) in [6.07, 6.45) is 2.83. The normalized spacial score (nSPS) is 20.6. The van der Waals surface area contributed by atoms with Crippen molar-refractivity contribution in [1.29, 1.82) is 5.41 Å². The van der Waals surface area contributed by atoms with Crippen molar-refractivity contribution in [2.75, 3.05) is 12.3 Å². The van der Waals surface area contributed by atoms with E-state index in [2.05, 4.69) is 0 Å². The number of nitrogens with two attached hydrogens (primary N) is 1. The summed E-state index contributed by atoms with van der Waals surface area (Å²) in [4.78, 5) is 13.9. The van der Waals surface area contributed by atoms with Gasteiger partial charge in [0.05, 0.1) is 0 Å². The van der Waals surface area contributed by atoms with Crippen LogP contribution in [0.2, 0.25) is 0 Å². The molecule has 0 radical (unpaired) electrons. The first-order chi connectivity index (χ1) is 8.29. The Morgan fingerprint density at radius 2 is 2.17 bits per heavy atom. The van der Waals surface area contributed by atoms with Crippen LogP contribution in [0, 0.1) is 5.41 Å².